The molecular weight excluding hydrogens is 182 g/mol. The molecule has 0 aromatic carbocycles. The van der Waals surface area contributed by atoms with Crippen molar-refractivity contribution in [3.63, 3.8) is 0 Å². The van der Waals surface area contributed by atoms with E-state index in [9.17, 15) is 0 Å². The van der Waals surface area contributed by atoms with E-state index in [4.69, 9.17) is 0 Å². The SMILES string of the molecule is CCCC[C@@H](C)CCC[n+]1ccccc1. The van der Waals surface area contributed by atoms with Crippen LogP contribution in [0, 0.1) is 5.92 Å². The maximum atomic E-state index is 2.38. The van der Waals surface area contributed by atoms with Crippen LogP contribution in [0.1, 0.15) is 46.0 Å². The van der Waals surface area contributed by atoms with Crippen molar-refractivity contribution in [3.05, 3.63) is 30.6 Å². The molecule has 0 amide bonds. The van der Waals surface area contributed by atoms with Crippen molar-refractivity contribution >= 4 is 0 Å². The highest BCUT2D eigenvalue weighted by molar-refractivity contribution is 4.83. The monoisotopic (exact) mass is 206 g/mol. The van der Waals surface area contributed by atoms with Crippen LogP contribution < -0.4 is 4.57 Å². The van der Waals surface area contributed by atoms with Gasteiger partial charge in [0.05, 0.1) is 0 Å². The standard InChI is InChI=1S/C14H24N/c1-3-4-9-14(2)10-8-13-15-11-6-5-7-12-15/h5-7,11-12,14H,3-4,8-10,13H2,1-2H3/q+1/t14-/m1/s1. The molecule has 1 aromatic heterocycles. The van der Waals surface area contributed by atoms with Crippen LogP contribution in [-0.2, 0) is 6.54 Å². The van der Waals surface area contributed by atoms with Crippen molar-refractivity contribution in [1.82, 2.24) is 0 Å². The lowest BCUT2D eigenvalue weighted by atomic mass is 9.99. The number of nitrogens with zero attached hydrogens (tertiary/aromatic N) is 1. The lowest BCUT2D eigenvalue weighted by Gasteiger charge is -2.08. The summed E-state index contributed by atoms with van der Waals surface area (Å²) in [5, 5.41) is 0. The van der Waals surface area contributed by atoms with Gasteiger partial charge in [0.15, 0.2) is 12.4 Å². The van der Waals surface area contributed by atoms with Gasteiger partial charge in [0.2, 0.25) is 0 Å². The Balaban J connectivity index is 2.11. The van der Waals surface area contributed by atoms with Gasteiger partial charge in [0.25, 0.3) is 0 Å². The number of unbranched alkanes of at least 4 members (excludes halogenated alkanes) is 1. The Kier molecular flexibility index (Phi) is 6.06. The van der Waals surface area contributed by atoms with E-state index in [1.165, 1.54) is 32.1 Å². The van der Waals surface area contributed by atoms with E-state index in [2.05, 4.69) is 49.0 Å². The minimum Gasteiger partial charge on any atom is -0.205 e. The lowest BCUT2D eigenvalue weighted by molar-refractivity contribution is -0.697. The lowest BCUT2D eigenvalue weighted by Crippen LogP contribution is -2.32. The van der Waals surface area contributed by atoms with Gasteiger partial charge in [0.1, 0.15) is 6.54 Å². The molecule has 1 atom stereocenters. The third-order valence-electron chi connectivity index (χ3n) is 2.94. The van der Waals surface area contributed by atoms with Crippen LogP contribution in [0.25, 0.3) is 0 Å². The fraction of sp³-hybridized carbons (Fsp3) is 0.643. The van der Waals surface area contributed by atoms with Crippen LogP contribution >= 0.6 is 0 Å². The van der Waals surface area contributed by atoms with E-state index in [1.807, 2.05) is 0 Å². The molecule has 1 aromatic rings. The van der Waals surface area contributed by atoms with Gasteiger partial charge in [-0.15, -0.1) is 0 Å². The summed E-state index contributed by atoms with van der Waals surface area (Å²) in [7, 11) is 0. The van der Waals surface area contributed by atoms with Gasteiger partial charge in [-0.05, 0) is 12.3 Å². The summed E-state index contributed by atoms with van der Waals surface area (Å²) in [4.78, 5) is 0. The Hall–Kier alpha value is -0.850. The number of aryl methyl sites for hydroxylation is 1. The summed E-state index contributed by atoms with van der Waals surface area (Å²) in [5.41, 5.74) is 0. The Morgan fingerprint density at radius 2 is 1.67 bits per heavy atom. The summed E-state index contributed by atoms with van der Waals surface area (Å²) in [5.74, 6) is 0.897. The summed E-state index contributed by atoms with van der Waals surface area (Å²) in [6, 6.07) is 6.27. The Bertz CT molecular complexity index is 243. The molecule has 0 saturated carbocycles. The van der Waals surface area contributed by atoms with E-state index in [0.717, 1.165) is 12.5 Å². The van der Waals surface area contributed by atoms with Crippen molar-refractivity contribution in [2.75, 3.05) is 0 Å². The van der Waals surface area contributed by atoms with Crippen LogP contribution in [0.15, 0.2) is 30.6 Å². The number of pyridine rings is 1. The molecule has 0 unspecified atom stereocenters. The first-order valence-electron chi connectivity index (χ1n) is 6.27. The fourth-order valence-electron chi connectivity index (χ4n) is 1.90. The van der Waals surface area contributed by atoms with E-state index >= 15 is 0 Å². The number of hydrogen-bond donors (Lipinski definition) is 0. The largest absolute Gasteiger partial charge is 0.205 e. The molecule has 0 N–H and O–H groups in total. The normalized spacial score (nSPS) is 12.7. The van der Waals surface area contributed by atoms with Crippen molar-refractivity contribution in [2.24, 2.45) is 5.92 Å². The van der Waals surface area contributed by atoms with E-state index < -0.39 is 0 Å². The second-order valence-corrected chi connectivity index (χ2v) is 4.50. The van der Waals surface area contributed by atoms with Gasteiger partial charge in [-0.3, -0.25) is 0 Å². The first kappa shape index (κ1) is 12.2. The first-order valence-corrected chi connectivity index (χ1v) is 6.27. The van der Waals surface area contributed by atoms with Gasteiger partial charge >= 0.3 is 0 Å². The summed E-state index contributed by atoms with van der Waals surface area (Å²) in [6.07, 6.45) is 11.1. The van der Waals surface area contributed by atoms with Crippen molar-refractivity contribution in [2.45, 2.75) is 52.5 Å². The van der Waals surface area contributed by atoms with Crippen molar-refractivity contribution < 1.29 is 4.57 Å². The zero-order valence-corrected chi connectivity index (χ0v) is 10.2. The maximum absolute atomic E-state index is 2.38. The molecule has 1 nitrogen and oxygen atoms in total. The minimum atomic E-state index is 0.897. The molecule has 0 saturated heterocycles. The molecule has 15 heavy (non-hydrogen) atoms. The van der Waals surface area contributed by atoms with Crippen molar-refractivity contribution in [3.8, 4) is 0 Å². The molecular formula is C14H24N+. The fourth-order valence-corrected chi connectivity index (χ4v) is 1.90. The van der Waals surface area contributed by atoms with Crippen LogP contribution in [0.2, 0.25) is 0 Å². The summed E-state index contributed by atoms with van der Waals surface area (Å²) < 4.78 is 2.27. The van der Waals surface area contributed by atoms with Gasteiger partial charge in [-0.1, -0.05) is 39.2 Å². The second kappa shape index (κ2) is 7.44. The summed E-state index contributed by atoms with van der Waals surface area (Å²) in [6.45, 7) is 5.81. The van der Waals surface area contributed by atoms with Crippen LogP contribution in [-0.4, -0.2) is 0 Å². The van der Waals surface area contributed by atoms with E-state index in [1.54, 1.807) is 0 Å². The maximum Gasteiger partial charge on any atom is 0.168 e. The molecule has 0 fully saturated rings. The highest BCUT2D eigenvalue weighted by atomic mass is 14.9. The topological polar surface area (TPSA) is 3.88 Å². The Labute approximate surface area is 94.1 Å². The highest BCUT2D eigenvalue weighted by Gasteiger charge is 2.03. The van der Waals surface area contributed by atoms with Gasteiger partial charge < -0.3 is 0 Å². The predicted molar refractivity (Wildman–Crippen MR) is 64.6 cm³/mol. The van der Waals surface area contributed by atoms with Gasteiger partial charge in [-0.2, -0.15) is 0 Å². The molecule has 0 aliphatic rings. The summed E-state index contributed by atoms with van der Waals surface area (Å²) >= 11 is 0. The van der Waals surface area contributed by atoms with Crippen LogP contribution in [0.4, 0.5) is 0 Å². The van der Waals surface area contributed by atoms with E-state index in [0.29, 0.717) is 0 Å². The molecule has 0 radical (unpaired) electrons. The number of aromatic nitrogens is 1. The van der Waals surface area contributed by atoms with Crippen LogP contribution in [0.3, 0.4) is 0 Å². The minimum absolute atomic E-state index is 0.897. The molecule has 0 aliphatic heterocycles. The average molecular weight is 206 g/mol. The molecule has 84 valence electrons. The third kappa shape index (κ3) is 5.56. The molecule has 1 heteroatoms. The average Bonchev–Trinajstić information content (AvgIpc) is 2.28. The zero-order valence-electron chi connectivity index (χ0n) is 10.2. The quantitative estimate of drug-likeness (QED) is 0.600. The first-order chi connectivity index (χ1) is 7.33. The molecule has 0 spiro atoms. The third-order valence-corrected chi connectivity index (χ3v) is 2.94. The van der Waals surface area contributed by atoms with E-state index in [-0.39, 0.29) is 0 Å². The molecule has 1 heterocycles. The Morgan fingerprint density at radius 1 is 1.00 bits per heavy atom. The molecule has 0 bridgehead atoms. The predicted octanol–water partition coefficient (Wildman–Crippen LogP) is 3.58. The zero-order chi connectivity index (χ0) is 10.9. The van der Waals surface area contributed by atoms with Gasteiger partial charge in [0, 0.05) is 18.6 Å². The van der Waals surface area contributed by atoms with Crippen molar-refractivity contribution in [1.29, 1.82) is 0 Å². The number of rotatable bonds is 7. The molecule has 0 aliphatic carbocycles. The second-order valence-electron chi connectivity index (χ2n) is 4.50. The Morgan fingerprint density at radius 3 is 2.33 bits per heavy atom. The highest BCUT2D eigenvalue weighted by Crippen LogP contribution is 2.13. The number of hydrogen-bond acceptors (Lipinski definition) is 0. The van der Waals surface area contributed by atoms with Gasteiger partial charge in [-0.25, -0.2) is 4.57 Å². The molecule has 1 rings (SSSR count). The van der Waals surface area contributed by atoms with Crippen LogP contribution in [0.5, 0.6) is 0 Å². The smallest absolute Gasteiger partial charge is 0.168 e.